The molecule has 1 rings (SSSR count). The predicted molar refractivity (Wildman–Crippen MR) is 55.1 cm³/mol. The molecule has 18 heavy (non-hydrogen) atoms. The van der Waals surface area contributed by atoms with Crippen LogP contribution in [0.2, 0.25) is 0 Å². The van der Waals surface area contributed by atoms with E-state index in [1.807, 2.05) is 0 Å². The molecule has 0 aliphatic carbocycles. The second-order valence-corrected chi connectivity index (χ2v) is 3.35. The second kappa shape index (κ2) is 7.64. The van der Waals surface area contributed by atoms with E-state index in [9.17, 15) is 21.7 Å². The number of ether oxygens (including phenoxy) is 1. The van der Waals surface area contributed by atoms with Crippen molar-refractivity contribution in [3.8, 4) is 5.75 Å². The molecular weight excluding hydrogens is 281 g/mol. The van der Waals surface area contributed by atoms with E-state index in [4.69, 9.17) is 0 Å². The van der Waals surface area contributed by atoms with Gasteiger partial charge in [-0.05, 0) is 18.2 Å². The van der Waals surface area contributed by atoms with Crippen molar-refractivity contribution in [2.24, 2.45) is 0 Å². The van der Waals surface area contributed by atoms with Crippen LogP contribution in [0, 0.1) is 0 Å². The zero-order valence-electron chi connectivity index (χ0n) is 9.62. The number of para-hydroxylation sites is 1. The molecule has 0 spiro atoms. The number of hydrogen-bond acceptors (Lipinski definition) is 1. The van der Waals surface area contributed by atoms with E-state index >= 15 is 0 Å². The average molecular weight is 290 g/mol. The Morgan fingerprint density at radius 3 is 2.17 bits per heavy atom. The van der Waals surface area contributed by atoms with Gasteiger partial charge in [-0.15, -0.1) is 5.98 Å². The van der Waals surface area contributed by atoms with Crippen molar-refractivity contribution in [1.82, 2.24) is 0 Å². The maximum Gasteiger partial charge on any atom is 1.00 e. The van der Waals surface area contributed by atoms with Crippen LogP contribution >= 0.6 is 0 Å². The van der Waals surface area contributed by atoms with Gasteiger partial charge < -0.3 is 17.7 Å². The van der Waals surface area contributed by atoms with Gasteiger partial charge in [0.15, 0.2) is 6.61 Å². The molecule has 0 radical (unpaired) electrons. The molecule has 8 heteroatoms. The molecule has 0 N–H and O–H groups in total. The third-order valence-corrected chi connectivity index (χ3v) is 1.73. The standard InChI is InChI=1S/C10H9BF5O.K/c12-10(13,6-7-11(14,15)16)8-17-9-4-2-1-3-5-9;/h1-7H,8H2;/q-1;+1/b7-6+;. The molecule has 0 saturated carbocycles. The monoisotopic (exact) mass is 290 g/mol. The van der Waals surface area contributed by atoms with Gasteiger partial charge in [0.1, 0.15) is 5.75 Å². The molecule has 0 atom stereocenters. The van der Waals surface area contributed by atoms with Crippen LogP contribution in [0.3, 0.4) is 0 Å². The zero-order chi connectivity index (χ0) is 12.9. The van der Waals surface area contributed by atoms with Crippen molar-refractivity contribution >= 4 is 6.98 Å². The molecule has 0 aromatic heterocycles. The topological polar surface area (TPSA) is 9.23 Å². The number of alkyl halides is 2. The summed E-state index contributed by atoms with van der Waals surface area (Å²) in [4.78, 5) is 0. The van der Waals surface area contributed by atoms with Gasteiger partial charge in [-0.2, -0.15) is 8.78 Å². The first-order valence-corrected chi connectivity index (χ1v) is 4.74. The molecule has 0 bridgehead atoms. The Bertz CT molecular complexity index is 380. The number of rotatable bonds is 5. The molecule has 0 heterocycles. The van der Waals surface area contributed by atoms with E-state index in [-0.39, 0.29) is 63.2 Å². The summed E-state index contributed by atoms with van der Waals surface area (Å²) in [6.07, 6.45) is -0.185. The summed E-state index contributed by atoms with van der Waals surface area (Å²) in [7, 11) is 0. The van der Waals surface area contributed by atoms with Gasteiger partial charge in [0.2, 0.25) is 0 Å². The minimum atomic E-state index is -5.36. The van der Waals surface area contributed by atoms with Crippen LogP contribution in [0.25, 0.3) is 0 Å². The van der Waals surface area contributed by atoms with Crippen LogP contribution in [0.1, 0.15) is 0 Å². The minimum absolute atomic E-state index is 0. The Morgan fingerprint density at radius 2 is 1.67 bits per heavy atom. The summed E-state index contributed by atoms with van der Waals surface area (Å²) in [5.41, 5.74) is 0. The molecule has 0 unspecified atom stereocenters. The summed E-state index contributed by atoms with van der Waals surface area (Å²) in [5.74, 6) is -3.90. The molecule has 1 aromatic rings. The SMILES string of the molecule is F[B-](F)(F)/C=C/C(F)(F)COc1ccccc1.[K+]. The van der Waals surface area contributed by atoms with E-state index in [0.29, 0.717) is 0 Å². The number of benzene rings is 1. The van der Waals surface area contributed by atoms with Crippen LogP contribution in [-0.2, 0) is 0 Å². The second-order valence-electron chi connectivity index (χ2n) is 3.35. The Balaban J connectivity index is 0.00000289. The smallest absolute Gasteiger partial charge is 0.487 e. The van der Waals surface area contributed by atoms with Crippen LogP contribution < -0.4 is 56.1 Å². The third kappa shape index (κ3) is 8.25. The number of halogens is 5. The fourth-order valence-corrected chi connectivity index (χ4v) is 0.994. The maximum atomic E-state index is 12.9. The van der Waals surface area contributed by atoms with Gasteiger partial charge in [0.25, 0.3) is 5.92 Å². The third-order valence-electron chi connectivity index (χ3n) is 1.73. The quantitative estimate of drug-likeness (QED) is 0.571. The molecule has 0 aliphatic rings. The van der Waals surface area contributed by atoms with Crippen LogP contribution in [0.4, 0.5) is 21.7 Å². The van der Waals surface area contributed by atoms with E-state index in [1.165, 1.54) is 12.1 Å². The maximum absolute atomic E-state index is 12.9. The first-order chi connectivity index (χ1) is 7.79. The Labute approximate surface area is 144 Å². The van der Waals surface area contributed by atoms with E-state index in [1.54, 1.807) is 18.2 Å². The van der Waals surface area contributed by atoms with Crippen LogP contribution in [0.15, 0.2) is 42.4 Å². The predicted octanol–water partition coefficient (Wildman–Crippen LogP) is 0.648. The summed E-state index contributed by atoms with van der Waals surface area (Å²) in [6, 6.07) is 7.68. The van der Waals surface area contributed by atoms with Gasteiger partial charge in [0.05, 0.1) is 0 Å². The molecule has 1 nitrogen and oxygen atoms in total. The fraction of sp³-hybridized carbons (Fsp3) is 0.200. The van der Waals surface area contributed by atoms with Crippen molar-refractivity contribution in [1.29, 1.82) is 0 Å². The minimum Gasteiger partial charge on any atom is -0.487 e. The normalized spacial score (nSPS) is 12.3. The molecule has 0 fully saturated rings. The van der Waals surface area contributed by atoms with E-state index in [0.717, 1.165) is 0 Å². The van der Waals surface area contributed by atoms with E-state index in [2.05, 4.69) is 4.74 Å². The van der Waals surface area contributed by atoms with Crippen molar-refractivity contribution in [2.75, 3.05) is 6.61 Å². The van der Waals surface area contributed by atoms with Crippen LogP contribution in [0.5, 0.6) is 5.75 Å². The van der Waals surface area contributed by atoms with Crippen molar-refractivity contribution in [2.45, 2.75) is 5.92 Å². The largest absolute Gasteiger partial charge is 1.00 e. The molecule has 1 aromatic carbocycles. The molecule has 0 saturated heterocycles. The average Bonchev–Trinajstić information content (AvgIpc) is 2.25. The van der Waals surface area contributed by atoms with Crippen molar-refractivity contribution in [3.05, 3.63) is 42.4 Å². The van der Waals surface area contributed by atoms with Gasteiger partial charge >= 0.3 is 58.4 Å². The summed E-state index contributed by atoms with van der Waals surface area (Å²) >= 11 is 0. The summed E-state index contributed by atoms with van der Waals surface area (Å²) in [6.45, 7) is -6.48. The molecular formula is C10H9BF5KO. The number of hydrogen-bond donors (Lipinski definition) is 0. The van der Waals surface area contributed by atoms with Gasteiger partial charge in [0, 0.05) is 0 Å². The first kappa shape index (κ1) is 18.1. The van der Waals surface area contributed by atoms with Gasteiger partial charge in [-0.1, -0.05) is 18.2 Å². The Hall–Kier alpha value is 0.111. The van der Waals surface area contributed by atoms with Crippen molar-refractivity contribution < 1.29 is 77.8 Å². The molecule has 0 aliphatic heterocycles. The van der Waals surface area contributed by atoms with Gasteiger partial charge in [-0.3, -0.25) is 0 Å². The summed E-state index contributed by atoms with van der Waals surface area (Å²) in [5, 5.41) is 0. The Morgan fingerprint density at radius 1 is 1.11 bits per heavy atom. The summed E-state index contributed by atoms with van der Waals surface area (Å²) < 4.78 is 65.8. The van der Waals surface area contributed by atoms with Crippen LogP contribution in [-0.4, -0.2) is 19.5 Å². The molecule has 0 amide bonds. The van der Waals surface area contributed by atoms with Crippen molar-refractivity contribution in [3.63, 3.8) is 0 Å². The first-order valence-electron chi connectivity index (χ1n) is 4.74. The van der Waals surface area contributed by atoms with Gasteiger partial charge in [-0.25, -0.2) is 0 Å². The van der Waals surface area contributed by atoms with E-state index < -0.39 is 25.5 Å². The molecule has 94 valence electrons. The fourth-order valence-electron chi connectivity index (χ4n) is 0.994. The zero-order valence-corrected chi connectivity index (χ0v) is 12.7. The Kier molecular flexibility index (Phi) is 7.69.